The van der Waals surface area contributed by atoms with Gasteiger partial charge in [-0.1, -0.05) is 23.3 Å². The lowest BCUT2D eigenvalue weighted by Crippen LogP contribution is -2.37. The van der Waals surface area contributed by atoms with Gasteiger partial charge in [-0.3, -0.25) is 9.59 Å². The molecule has 17 heavy (non-hydrogen) atoms. The van der Waals surface area contributed by atoms with Crippen molar-refractivity contribution in [2.75, 3.05) is 0 Å². The van der Waals surface area contributed by atoms with Crippen molar-refractivity contribution in [3.8, 4) is 0 Å². The normalized spacial score (nSPS) is 13.8. The van der Waals surface area contributed by atoms with Crippen LogP contribution in [-0.4, -0.2) is 11.6 Å². The molecule has 0 unspecified atom stereocenters. The average molecular weight is 236 g/mol. The molecule has 2 heteroatoms. The fourth-order valence-corrected chi connectivity index (χ4v) is 1.96. The van der Waals surface area contributed by atoms with Crippen LogP contribution in [0.4, 0.5) is 0 Å². The van der Waals surface area contributed by atoms with Crippen molar-refractivity contribution in [1.82, 2.24) is 0 Å². The molecule has 0 aliphatic rings. The molecule has 0 aromatic carbocycles. The molecule has 0 fully saturated rings. The topological polar surface area (TPSA) is 34.1 Å². The molecule has 0 bridgehead atoms. The fraction of sp³-hybridized carbons (Fsp3) is 0.600. The third kappa shape index (κ3) is 3.95. The third-order valence-corrected chi connectivity index (χ3v) is 3.49. The number of hydrogen-bond donors (Lipinski definition) is 0. The highest BCUT2D eigenvalue weighted by Crippen LogP contribution is 2.35. The van der Waals surface area contributed by atoms with Crippen LogP contribution >= 0.6 is 0 Å². The molecule has 0 saturated heterocycles. The van der Waals surface area contributed by atoms with Gasteiger partial charge in [0, 0.05) is 0 Å². The predicted octanol–water partition coefficient (Wildman–Crippen LogP) is 3.86. The first-order chi connectivity index (χ1) is 7.80. The van der Waals surface area contributed by atoms with Crippen LogP contribution in [0.5, 0.6) is 0 Å². The van der Waals surface area contributed by atoms with Crippen LogP contribution in [-0.2, 0) is 9.59 Å². The monoisotopic (exact) mass is 236 g/mol. The number of Topliss-reactive ketones (excluding diaryl/α,β-unsaturated/α-hetero) is 2. The van der Waals surface area contributed by atoms with Gasteiger partial charge in [-0.05, 0) is 54.4 Å². The molecular weight excluding hydrogens is 212 g/mol. The van der Waals surface area contributed by atoms with E-state index in [0.717, 1.165) is 11.1 Å². The van der Waals surface area contributed by atoms with Gasteiger partial charge >= 0.3 is 0 Å². The molecule has 0 N–H and O–H groups in total. The van der Waals surface area contributed by atoms with Crippen molar-refractivity contribution >= 4 is 11.6 Å². The standard InChI is InChI=1S/C15H24O2/c1-7-11(3)9-15(13(5)16,14(6)17)10-12(4)8-2/h7-8H,9-10H2,1-6H3/b11-7+,12-8+. The average Bonchev–Trinajstić information content (AvgIpc) is 2.26. The van der Waals surface area contributed by atoms with E-state index in [-0.39, 0.29) is 11.6 Å². The summed E-state index contributed by atoms with van der Waals surface area (Å²) in [7, 11) is 0. The lowest BCUT2D eigenvalue weighted by Gasteiger charge is -2.29. The van der Waals surface area contributed by atoms with E-state index >= 15 is 0 Å². The zero-order valence-corrected chi connectivity index (χ0v) is 11.9. The highest BCUT2D eigenvalue weighted by atomic mass is 16.2. The zero-order valence-electron chi connectivity index (χ0n) is 11.9. The SMILES string of the molecule is C/C=C(\C)CC(C/C(C)=C/C)(C(C)=O)C(C)=O. The first-order valence-corrected chi connectivity index (χ1v) is 6.05. The maximum absolute atomic E-state index is 11.9. The Morgan fingerprint density at radius 2 is 1.12 bits per heavy atom. The van der Waals surface area contributed by atoms with Gasteiger partial charge in [-0.2, -0.15) is 0 Å². The molecule has 0 saturated carbocycles. The van der Waals surface area contributed by atoms with Gasteiger partial charge in [-0.15, -0.1) is 0 Å². The van der Waals surface area contributed by atoms with Gasteiger partial charge in [0.25, 0.3) is 0 Å². The predicted molar refractivity (Wildman–Crippen MR) is 71.9 cm³/mol. The number of carbonyl (C=O) groups excluding carboxylic acids is 2. The summed E-state index contributed by atoms with van der Waals surface area (Å²) in [5, 5.41) is 0. The van der Waals surface area contributed by atoms with Crippen LogP contribution in [0.15, 0.2) is 23.3 Å². The first kappa shape index (κ1) is 15.8. The van der Waals surface area contributed by atoms with Crippen LogP contribution < -0.4 is 0 Å². The minimum absolute atomic E-state index is 0.0348. The Morgan fingerprint density at radius 1 is 0.824 bits per heavy atom. The largest absolute Gasteiger partial charge is 0.299 e. The fourth-order valence-electron chi connectivity index (χ4n) is 1.96. The van der Waals surface area contributed by atoms with Crippen molar-refractivity contribution in [2.45, 2.75) is 54.4 Å². The van der Waals surface area contributed by atoms with Gasteiger partial charge in [0.15, 0.2) is 0 Å². The lowest BCUT2D eigenvalue weighted by molar-refractivity contribution is -0.138. The second-order valence-corrected chi connectivity index (χ2v) is 4.82. The summed E-state index contributed by atoms with van der Waals surface area (Å²) in [6, 6.07) is 0. The van der Waals surface area contributed by atoms with Gasteiger partial charge in [-0.25, -0.2) is 0 Å². The Hall–Kier alpha value is -1.18. The van der Waals surface area contributed by atoms with Crippen LogP contribution in [0.3, 0.4) is 0 Å². The van der Waals surface area contributed by atoms with Gasteiger partial charge < -0.3 is 0 Å². The quantitative estimate of drug-likeness (QED) is 0.518. The molecule has 2 nitrogen and oxygen atoms in total. The molecule has 0 amide bonds. The Labute approximate surface area is 105 Å². The van der Waals surface area contributed by atoms with E-state index in [4.69, 9.17) is 0 Å². The van der Waals surface area contributed by atoms with Gasteiger partial charge in [0.05, 0.1) is 5.41 Å². The number of allylic oxidation sites excluding steroid dienone is 4. The van der Waals surface area contributed by atoms with E-state index in [0.29, 0.717) is 12.8 Å². The molecule has 96 valence electrons. The molecule has 0 spiro atoms. The summed E-state index contributed by atoms with van der Waals surface area (Å²) in [4.78, 5) is 23.9. The summed E-state index contributed by atoms with van der Waals surface area (Å²) < 4.78 is 0. The first-order valence-electron chi connectivity index (χ1n) is 6.05. The molecule has 0 aromatic rings. The van der Waals surface area contributed by atoms with Crippen molar-refractivity contribution in [1.29, 1.82) is 0 Å². The van der Waals surface area contributed by atoms with E-state index < -0.39 is 5.41 Å². The van der Waals surface area contributed by atoms with Crippen molar-refractivity contribution < 1.29 is 9.59 Å². The number of rotatable bonds is 6. The minimum atomic E-state index is -0.868. The Bertz CT molecular complexity index is 323. The van der Waals surface area contributed by atoms with Crippen molar-refractivity contribution in [2.24, 2.45) is 5.41 Å². The molecule has 0 rings (SSSR count). The summed E-state index contributed by atoms with van der Waals surface area (Å²) in [5.41, 5.74) is 1.30. The number of hydrogen-bond acceptors (Lipinski definition) is 2. The minimum Gasteiger partial charge on any atom is -0.299 e. The second kappa shape index (κ2) is 6.53. The summed E-state index contributed by atoms with van der Waals surface area (Å²) in [6.45, 7) is 10.8. The van der Waals surface area contributed by atoms with Crippen molar-refractivity contribution in [3.05, 3.63) is 23.3 Å². The van der Waals surface area contributed by atoms with Gasteiger partial charge in [0.1, 0.15) is 11.6 Å². The molecular formula is C15H24O2. The van der Waals surface area contributed by atoms with Crippen LogP contribution in [0.25, 0.3) is 0 Å². The Morgan fingerprint density at radius 3 is 1.29 bits per heavy atom. The molecule has 0 aromatic heterocycles. The number of ketones is 2. The Kier molecular flexibility index (Phi) is 6.08. The van der Waals surface area contributed by atoms with E-state index in [1.807, 2.05) is 39.8 Å². The third-order valence-electron chi connectivity index (χ3n) is 3.49. The molecule has 0 aliphatic carbocycles. The summed E-state index contributed by atoms with van der Waals surface area (Å²) in [6.07, 6.45) is 4.98. The molecule has 0 heterocycles. The van der Waals surface area contributed by atoms with Gasteiger partial charge in [0.2, 0.25) is 0 Å². The smallest absolute Gasteiger partial charge is 0.143 e. The van der Waals surface area contributed by atoms with Crippen LogP contribution in [0, 0.1) is 5.41 Å². The summed E-state index contributed by atoms with van der Waals surface area (Å²) in [5.74, 6) is -0.0696. The van der Waals surface area contributed by atoms with E-state index in [1.54, 1.807) is 0 Å². The lowest BCUT2D eigenvalue weighted by atomic mass is 9.71. The summed E-state index contributed by atoms with van der Waals surface area (Å²) >= 11 is 0. The number of carbonyl (C=O) groups is 2. The maximum Gasteiger partial charge on any atom is 0.143 e. The van der Waals surface area contributed by atoms with Crippen molar-refractivity contribution in [3.63, 3.8) is 0 Å². The highest BCUT2D eigenvalue weighted by molar-refractivity contribution is 6.05. The second-order valence-electron chi connectivity index (χ2n) is 4.82. The maximum atomic E-state index is 11.9. The van der Waals surface area contributed by atoms with Crippen LogP contribution in [0.1, 0.15) is 54.4 Å². The van der Waals surface area contributed by atoms with E-state index in [9.17, 15) is 9.59 Å². The van der Waals surface area contributed by atoms with E-state index in [1.165, 1.54) is 13.8 Å². The molecule has 0 radical (unpaired) electrons. The zero-order chi connectivity index (χ0) is 13.6. The Balaban J connectivity index is 5.44. The van der Waals surface area contributed by atoms with Crippen LogP contribution in [0.2, 0.25) is 0 Å². The molecule has 0 aliphatic heterocycles. The van der Waals surface area contributed by atoms with E-state index in [2.05, 4.69) is 0 Å². The molecule has 0 atom stereocenters. The highest BCUT2D eigenvalue weighted by Gasteiger charge is 2.40.